The van der Waals surface area contributed by atoms with Crippen molar-refractivity contribution in [1.82, 2.24) is 0 Å². The van der Waals surface area contributed by atoms with E-state index < -0.39 is 0 Å². The fourth-order valence-electron chi connectivity index (χ4n) is 2.61. The topological polar surface area (TPSA) is 29.5 Å². The van der Waals surface area contributed by atoms with Crippen LogP contribution < -0.4 is 0 Å². The number of hydrogen-bond acceptors (Lipinski definition) is 2. The SMILES string of the molecule is CC(C)(CO)COC1CCC2CC=CC21. The fraction of sp³-hybridized carbons (Fsp3) is 0.846. The molecule has 0 spiro atoms. The van der Waals surface area contributed by atoms with Crippen molar-refractivity contribution in [3.8, 4) is 0 Å². The van der Waals surface area contributed by atoms with Gasteiger partial charge in [0.2, 0.25) is 0 Å². The number of aliphatic hydroxyl groups is 1. The summed E-state index contributed by atoms with van der Waals surface area (Å²) in [7, 11) is 0. The molecule has 3 atom stereocenters. The molecule has 2 heteroatoms. The van der Waals surface area contributed by atoms with Gasteiger partial charge in [0, 0.05) is 11.3 Å². The molecule has 1 saturated carbocycles. The molecule has 2 nitrogen and oxygen atoms in total. The predicted octanol–water partition coefficient (Wildman–Crippen LogP) is 2.38. The van der Waals surface area contributed by atoms with Gasteiger partial charge < -0.3 is 9.84 Å². The second-order valence-corrected chi connectivity index (χ2v) is 5.75. The maximum atomic E-state index is 9.16. The Morgan fingerprint density at radius 2 is 2.20 bits per heavy atom. The molecule has 0 aromatic carbocycles. The van der Waals surface area contributed by atoms with Crippen molar-refractivity contribution in [2.24, 2.45) is 17.3 Å². The van der Waals surface area contributed by atoms with Gasteiger partial charge in [0.15, 0.2) is 0 Å². The van der Waals surface area contributed by atoms with E-state index in [9.17, 15) is 0 Å². The van der Waals surface area contributed by atoms with Gasteiger partial charge in [-0.15, -0.1) is 0 Å². The molecule has 0 amide bonds. The maximum absolute atomic E-state index is 9.16. The maximum Gasteiger partial charge on any atom is 0.0640 e. The Morgan fingerprint density at radius 3 is 2.93 bits per heavy atom. The summed E-state index contributed by atoms with van der Waals surface area (Å²) >= 11 is 0. The zero-order valence-corrected chi connectivity index (χ0v) is 9.78. The van der Waals surface area contributed by atoms with Gasteiger partial charge in [0.25, 0.3) is 0 Å². The Bertz CT molecular complexity index is 245. The van der Waals surface area contributed by atoms with E-state index in [1.165, 1.54) is 19.3 Å². The van der Waals surface area contributed by atoms with Crippen LogP contribution in [0.2, 0.25) is 0 Å². The lowest BCUT2D eigenvalue weighted by molar-refractivity contribution is -0.0273. The minimum Gasteiger partial charge on any atom is -0.396 e. The quantitative estimate of drug-likeness (QED) is 0.722. The van der Waals surface area contributed by atoms with E-state index in [-0.39, 0.29) is 12.0 Å². The molecule has 15 heavy (non-hydrogen) atoms. The van der Waals surface area contributed by atoms with E-state index in [4.69, 9.17) is 9.84 Å². The molecule has 1 fully saturated rings. The molecule has 1 N–H and O–H groups in total. The first-order chi connectivity index (χ1) is 7.12. The Labute approximate surface area is 92.3 Å². The molecule has 0 heterocycles. The summed E-state index contributed by atoms with van der Waals surface area (Å²) in [6.07, 6.45) is 8.77. The summed E-state index contributed by atoms with van der Waals surface area (Å²) in [5.41, 5.74) is -0.0968. The van der Waals surface area contributed by atoms with E-state index in [1.807, 2.05) is 13.8 Å². The summed E-state index contributed by atoms with van der Waals surface area (Å²) in [5, 5.41) is 9.16. The van der Waals surface area contributed by atoms with Gasteiger partial charge >= 0.3 is 0 Å². The monoisotopic (exact) mass is 210 g/mol. The third kappa shape index (κ3) is 2.43. The van der Waals surface area contributed by atoms with Crippen LogP contribution in [-0.2, 0) is 4.74 Å². The van der Waals surface area contributed by atoms with Crippen LogP contribution in [0.5, 0.6) is 0 Å². The second kappa shape index (κ2) is 4.26. The van der Waals surface area contributed by atoms with Crippen LogP contribution in [0.1, 0.15) is 33.1 Å². The number of aliphatic hydroxyl groups excluding tert-OH is 1. The number of rotatable bonds is 4. The third-order valence-electron chi connectivity index (χ3n) is 3.71. The zero-order valence-electron chi connectivity index (χ0n) is 9.78. The van der Waals surface area contributed by atoms with Gasteiger partial charge in [0.05, 0.1) is 19.3 Å². The molecule has 2 aliphatic carbocycles. The smallest absolute Gasteiger partial charge is 0.0640 e. The highest BCUT2D eigenvalue weighted by molar-refractivity contribution is 5.07. The van der Waals surface area contributed by atoms with Crippen molar-refractivity contribution in [3.63, 3.8) is 0 Å². The second-order valence-electron chi connectivity index (χ2n) is 5.75. The molecular weight excluding hydrogens is 188 g/mol. The lowest BCUT2D eigenvalue weighted by Gasteiger charge is -2.26. The zero-order chi connectivity index (χ0) is 10.9. The largest absolute Gasteiger partial charge is 0.396 e. The van der Waals surface area contributed by atoms with Gasteiger partial charge in [-0.1, -0.05) is 26.0 Å². The van der Waals surface area contributed by atoms with Crippen molar-refractivity contribution in [1.29, 1.82) is 0 Å². The number of fused-ring (bicyclic) bond motifs is 1. The predicted molar refractivity (Wildman–Crippen MR) is 60.6 cm³/mol. The van der Waals surface area contributed by atoms with Crippen LogP contribution in [0, 0.1) is 17.3 Å². The molecule has 86 valence electrons. The van der Waals surface area contributed by atoms with E-state index >= 15 is 0 Å². The Hall–Kier alpha value is -0.340. The van der Waals surface area contributed by atoms with Crippen LogP contribution in [0.4, 0.5) is 0 Å². The van der Waals surface area contributed by atoms with Gasteiger partial charge in [-0.25, -0.2) is 0 Å². The van der Waals surface area contributed by atoms with E-state index in [0.717, 1.165) is 5.92 Å². The molecule has 0 radical (unpaired) electrons. The summed E-state index contributed by atoms with van der Waals surface area (Å²) in [6, 6.07) is 0. The average molecular weight is 210 g/mol. The highest BCUT2D eigenvalue weighted by Gasteiger charge is 2.37. The number of ether oxygens (including phenoxy) is 1. The molecule has 0 bridgehead atoms. The van der Waals surface area contributed by atoms with E-state index in [2.05, 4.69) is 12.2 Å². The first kappa shape index (κ1) is 11.2. The summed E-state index contributed by atoms with van der Waals surface area (Å²) in [6.45, 7) is 4.96. The first-order valence-electron chi connectivity index (χ1n) is 6.01. The molecule has 0 aromatic rings. The summed E-state index contributed by atoms with van der Waals surface area (Å²) in [4.78, 5) is 0. The molecule has 3 unspecified atom stereocenters. The molecule has 0 saturated heterocycles. The Balaban J connectivity index is 1.83. The fourth-order valence-corrected chi connectivity index (χ4v) is 2.61. The van der Waals surface area contributed by atoms with Crippen molar-refractivity contribution < 1.29 is 9.84 Å². The molecule has 2 aliphatic rings. The molecular formula is C13H22O2. The van der Waals surface area contributed by atoms with Crippen LogP contribution in [0.15, 0.2) is 12.2 Å². The van der Waals surface area contributed by atoms with Crippen LogP contribution >= 0.6 is 0 Å². The summed E-state index contributed by atoms with van der Waals surface area (Å²) in [5.74, 6) is 1.49. The van der Waals surface area contributed by atoms with Gasteiger partial charge in [0.1, 0.15) is 0 Å². The van der Waals surface area contributed by atoms with Gasteiger partial charge in [-0.2, -0.15) is 0 Å². The standard InChI is InChI=1S/C13H22O2/c1-13(2,8-14)9-15-12-7-6-10-4-3-5-11(10)12/h3,5,10-12,14H,4,6-9H2,1-2H3. The molecule has 0 aliphatic heterocycles. The van der Waals surface area contributed by atoms with Crippen LogP contribution in [-0.4, -0.2) is 24.4 Å². The number of allylic oxidation sites excluding steroid dienone is 1. The molecule has 0 aromatic heterocycles. The highest BCUT2D eigenvalue weighted by atomic mass is 16.5. The van der Waals surface area contributed by atoms with Crippen molar-refractivity contribution >= 4 is 0 Å². The van der Waals surface area contributed by atoms with Crippen molar-refractivity contribution in [3.05, 3.63) is 12.2 Å². The van der Waals surface area contributed by atoms with E-state index in [0.29, 0.717) is 18.6 Å². The van der Waals surface area contributed by atoms with Crippen LogP contribution in [0.25, 0.3) is 0 Å². The minimum atomic E-state index is -0.0968. The Kier molecular flexibility index (Phi) is 3.17. The summed E-state index contributed by atoms with van der Waals surface area (Å²) < 4.78 is 5.96. The Morgan fingerprint density at radius 1 is 1.40 bits per heavy atom. The number of hydrogen-bond donors (Lipinski definition) is 1. The third-order valence-corrected chi connectivity index (χ3v) is 3.71. The van der Waals surface area contributed by atoms with E-state index in [1.54, 1.807) is 0 Å². The lowest BCUT2D eigenvalue weighted by Crippen LogP contribution is -2.29. The lowest BCUT2D eigenvalue weighted by atomic mass is 9.95. The molecule has 2 rings (SSSR count). The van der Waals surface area contributed by atoms with Crippen molar-refractivity contribution in [2.75, 3.05) is 13.2 Å². The van der Waals surface area contributed by atoms with Gasteiger partial charge in [-0.05, 0) is 25.2 Å². The highest BCUT2D eigenvalue weighted by Crippen LogP contribution is 2.41. The minimum absolute atomic E-state index is 0.0968. The first-order valence-corrected chi connectivity index (χ1v) is 6.01. The van der Waals surface area contributed by atoms with Crippen LogP contribution in [0.3, 0.4) is 0 Å². The van der Waals surface area contributed by atoms with Gasteiger partial charge in [-0.3, -0.25) is 0 Å². The normalized spacial score (nSPS) is 34.7. The van der Waals surface area contributed by atoms with Crippen molar-refractivity contribution in [2.45, 2.75) is 39.2 Å². The average Bonchev–Trinajstić information content (AvgIpc) is 2.77.